The highest BCUT2D eigenvalue weighted by Crippen LogP contribution is 2.24. The summed E-state index contributed by atoms with van der Waals surface area (Å²) >= 11 is 1.70. The number of rotatable bonds is 4. The van der Waals surface area contributed by atoms with Crippen molar-refractivity contribution in [3.8, 4) is 0 Å². The van der Waals surface area contributed by atoms with Crippen molar-refractivity contribution >= 4 is 11.3 Å². The molecule has 0 aromatic carbocycles. The third kappa shape index (κ3) is 2.90. The van der Waals surface area contributed by atoms with Gasteiger partial charge in [-0.15, -0.1) is 11.3 Å². The fraction of sp³-hybridized carbons (Fsp3) is 0.385. The summed E-state index contributed by atoms with van der Waals surface area (Å²) in [6.45, 7) is 7.04. The third-order valence-corrected chi connectivity index (χ3v) is 3.59. The maximum Gasteiger partial charge on any atom is 0.114 e. The van der Waals surface area contributed by atoms with Gasteiger partial charge in [0.15, 0.2) is 0 Å². The molecule has 0 bridgehead atoms. The van der Waals surface area contributed by atoms with Gasteiger partial charge in [-0.1, -0.05) is 13.0 Å². The molecule has 0 amide bonds. The minimum absolute atomic E-state index is 0.159. The number of hydrogen-bond donors (Lipinski definition) is 1. The van der Waals surface area contributed by atoms with Crippen molar-refractivity contribution < 1.29 is 0 Å². The van der Waals surface area contributed by atoms with E-state index in [4.69, 9.17) is 0 Å². The minimum atomic E-state index is 0.159. The molecule has 2 rings (SSSR count). The molecule has 3 nitrogen and oxygen atoms in total. The maximum absolute atomic E-state index is 4.56. The Morgan fingerprint density at radius 3 is 2.65 bits per heavy atom. The van der Waals surface area contributed by atoms with Crippen molar-refractivity contribution in [3.05, 3.63) is 45.7 Å². The van der Waals surface area contributed by atoms with Crippen LogP contribution in [-0.2, 0) is 0 Å². The quantitative estimate of drug-likeness (QED) is 0.902. The Morgan fingerprint density at radius 2 is 2.12 bits per heavy atom. The lowest BCUT2D eigenvalue weighted by Gasteiger charge is -2.15. The van der Waals surface area contributed by atoms with Crippen LogP contribution in [0.5, 0.6) is 0 Å². The highest BCUT2D eigenvalue weighted by atomic mass is 32.1. The summed E-state index contributed by atoms with van der Waals surface area (Å²) in [6, 6.07) is 4.32. The molecule has 0 aliphatic carbocycles. The first-order chi connectivity index (χ1) is 8.20. The van der Waals surface area contributed by atoms with Gasteiger partial charge in [-0.05, 0) is 32.0 Å². The van der Waals surface area contributed by atoms with E-state index in [9.17, 15) is 0 Å². The van der Waals surface area contributed by atoms with E-state index in [1.807, 2.05) is 26.1 Å². The first-order valence-electron chi connectivity index (χ1n) is 5.78. The second kappa shape index (κ2) is 5.38. The number of nitrogens with zero attached hydrogens (tertiary/aromatic N) is 2. The van der Waals surface area contributed by atoms with Gasteiger partial charge in [0.1, 0.15) is 5.01 Å². The molecule has 2 heterocycles. The molecular formula is C13H17N3S. The second-order valence-corrected chi connectivity index (χ2v) is 4.94. The fourth-order valence-corrected chi connectivity index (χ4v) is 2.60. The summed E-state index contributed by atoms with van der Waals surface area (Å²) < 4.78 is 0. The van der Waals surface area contributed by atoms with Crippen molar-refractivity contribution in [2.24, 2.45) is 0 Å². The number of hydrogen-bond acceptors (Lipinski definition) is 4. The zero-order chi connectivity index (χ0) is 12.3. The van der Waals surface area contributed by atoms with Crippen molar-refractivity contribution in [2.75, 3.05) is 6.54 Å². The van der Waals surface area contributed by atoms with Gasteiger partial charge in [-0.2, -0.15) is 0 Å². The minimum Gasteiger partial charge on any atom is -0.304 e. The maximum atomic E-state index is 4.56. The molecule has 0 saturated heterocycles. The van der Waals surface area contributed by atoms with Gasteiger partial charge in [-0.25, -0.2) is 4.98 Å². The van der Waals surface area contributed by atoms with Gasteiger partial charge in [0.2, 0.25) is 0 Å². The molecule has 0 saturated carbocycles. The molecule has 0 spiro atoms. The van der Waals surface area contributed by atoms with E-state index in [0.29, 0.717) is 0 Å². The normalized spacial score (nSPS) is 12.6. The van der Waals surface area contributed by atoms with Gasteiger partial charge >= 0.3 is 0 Å². The molecule has 2 aromatic heterocycles. The van der Waals surface area contributed by atoms with Gasteiger partial charge in [0, 0.05) is 23.0 Å². The van der Waals surface area contributed by atoms with E-state index in [0.717, 1.165) is 22.9 Å². The first-order valence-corrected chi connectivity index (χ1v) is 6.66. The van der Waals surface area contributed by atoms with Crippen molar-refractivity contribution in [3.63, 3.8) is 0 Å². The van der Waals surface area contributed by atoms with Gasteiger partial charge in [-0.3, -0.25) is 4.98 Å². The van der Waals surface area contributed by atoms with Crippen LogP contribution < -0.4 is 5.32 Å². The summed E-state index contributed by atoms with van der Waals surface area (Å²) in [5, 5.41) is 6.65. The number of pyridine rings is 1. The smallest absolute Gasteiger partial charge is 0.114 e. The molecule has 1 atom stereocenters. The average molecular weight is 247 g/mol. The summed E-state index contributed by atoms with van der Waals surface area (Å²) in [7, 11) is 0. The molecule has 0 aliphatic heterocycles. The average Bonchev–Trinajstić information content (AvgIpc) is 2.74. The van der Waals surface area contributed by atoms with Gasteiger partial charge in [0.05, 0.1) is 6.04 Å². The Kier molecular flexibility index (Phi) is 3.86. The number of aromatic nitrogens is 2. The SMILES string of the molecule is CCNC(c1ccc(C)nc1)c1nc(C)cs1. The standard InChI is InChI=1S/C13H17N3S/c1-4-14-12(13-16-10(3)8-17-13)11-6-5-9(2)15-7-11/h5-8,12,14H,4H2,1-3H3. The Bertz CT molecular complexity index is 476. The van der Waals surface area contributed by atoms with Gasteiger partial charge in [0.25, 0.3) is 0 Å². The molecule has 1 unspecified atom stereocenters. The summed E-state index contributed by atoms with van der Waals surface area (Å²) in [5.74, 6) is 0. The number of nitrogens with one attached hydrogen (secondary N) is 1. The van der Waals surface area contributed by atoms with Crippen LogP contribution >= 0.6 is 11.3 Å². The van der Waals surface area contributed by atoms with E-state index < -0.39 is 0 Å². The van der Waals surface area contributed by atoms with Crippen molar-refractivity contribution in [1.82, 2.24) is 15.3 Å². The van der Waals surface area contributed by atoms with E-state index in [1.165, 1.54) is 5.56 Å². The Morgan fingerprint density at radius 1 is 1.29 bits per heavy atom. The summed E-state index contributed by atoms with van der Waals surface area (Å²) in [4.78, 5) is 8.91. The molecule has 0 fully saturated rings. The number of aryl methyl sites for hydroxylation is 2. The van der Waals surface area contributed by atoms with Crippen molar-refractivity contribution in [2.45, 2.75) is 26.8 Å². The van der Waals surface area contributed by atoms with Crippen LogP contribution in [0.4, 0.5) is 0 Å². The van der Waals surface area contributed by atoms with Crippen molar-refractivity contribution in [1.29, 1.82) is 0 Å². The Balaban J connectivity index is 2.31. The highest BCUT2D eigenvalue weighted by molar-refractivity contribution is 7.09. The summed E-state index contributed by atoms with van der Waals surface area (Å²) in [5.41, 5.74) is 3.29. The number of thiazole rings is 1. The fourth-order valence-electron chi connectivity index (χ4n) is 1.71. The van der Waals surface area contributed by atoms with E-state index in [2.05, 4.69) is 33.7 Å². The van der Waals surface area contributed by atoms with Gasteiger partial charge < -0.3 is 5.32 Å². The highest BCUT2D eigenvalue weighted by Gasteiger charge is 2.16. The zero-order valence-electron chi connectivity index (χ0n) is 10.4. The molecule has 90 valence electrons. The molecule has 4 heteroatoms. The largest absolute Gasteiger partial charge is 0.304 e. The molecular weight excluding hydrogens is 230 g/mol. The molecule has 1 N–H and O–H groups in total. The monoisotopic (exact) mass is 247 g/mol. The first kappa shape index (κ1) is 12.2. The van der Waals surface area contributed by atoms with Crippen LogP contribution in [0.15, 0.2) is 23.7 Å². The van der Waals surface area contributed by atoms with Crippen LogP contribution in [0.1, 0.15) is 34.9 Å². The Hall–Kier alpha value is -1.26. The topological polar surface area (TPSA) is 37.8 Å². The predicted molar refractivity (Wildman–Crippen MR) is 71.3 cm³/mol. The van der Waals surface area contributed by atoms with Crippen LogP contribution in [0.2, 0.25) is 0 Å². The molecule has 17 heavy (non-hydrogen) atoms. The van der Waals surface area contributed by atoms with E-state index in [-0.39, 0.29) is 6.04 Å². The van der Waals surface area contributed by atoms with Crippen LogP contribution in [-0.4, -0.2) is 16.5 Å². The lowest BCUT2D eigenvalue weighted by molar-refractivity contribution is 0.624. The summed E-state index contributed by atoms with van der Waals surface area (Å²) in [6.07, 6.45) is 1.93. The Labute approximate surface area is 106 Å². The molecule has 2 aromatic rings. The van der Waals surface area contributed by atoms with E-state index in [1.54, 1.807) is 11.3 Å². The lowest BCUT2D eigenvalue weighted by Crippen LogP contribution is -2.22. The van der Waals surface area contributed by atoms with Crippen LogP contribution in [0.25, 0.3) is 0 Å². The van der Waals surface area contributed by atoms with Crippen LogP contribution in [0, 0.1) is 13.8 Å². The predicted octanol–water partition coefficient (Wildman–Crippen LogP) is 2.85. The lowest BCUT2D eigenvalue weighted by atomic mass is 10.1. The van der Waals surface area contributed by atoms with E-state index >= 15 is 0 Å². The molecule has 0 aliphatic rings. The molecule has 0 radical (unpaired) electrons. The second-order valence-electron chi connectivity index (χ2n) is 4.05. The third-order valence-electron chi connectivity index (χ3n) is 2.56. The zero-order valence-corrected chi connectivity index (χ0v) is 11.2. The van der Waals surface area contributed by atoms with Crippen LogP contribution in [0.3, 0.4) is 0 Å².